The van der Waals surface area contributed by atoms with Crippen LogP contribution >= 0.6 is 0 Å². The molecule has 3 nitrogen and oxygen atoms in total. The molecular weight excluding hydrogens is 250 g/mol. The van der Waals surface area contributed by atoms with Gasteiger partial charge >= 0.3 is 0 Å². The molecule has 0 spiro atoms. The summed E-state index contributed by atoms with van der Waals surface area (Å²) in [6.07, 6.45) is 1.49. The molecule has 0 aromatic heterocycles. The smallest absolute Gasteiger partial charge is 0.0757 e. The van der Waals surface area contributed by atoms with Gasteiger partial charge in [0.15, 0.2) is 0 Å². The fourth-order valence-corrected chi connectivity index (χ4v) is 2.20. The van der Waals surface area contributed by atoms with E-state index in [4.69, 9.17) is 0 Å². The van der Waals surface area contributed by atoms with Gasteiger partial charge in [-0.15, -0.1) is 0 Å². The van der Waals surface area contributed by atoms with Crippen molar-refractivity contribution in [2.24, 2.45) is 0 Å². The third-order valence-electron chi connectivity index (χ3n) is 4.08. The summed E-state index contributed by atoms with van der Waals surface area (Å²) in [5, 5.41) is 10.4. The topological polar surface area (TPSA) is 40.1 Å². The normalized spacial score (nSPS) is 10.4. The molecule has 0 aliphatic heterocycles. The molecule has 0 N–H and O–H groups in total. The van der Waals surface area contributed by atoms with E-state index in [1.807, 2.05) is 0 Å². The number of hydrogen-bond donors (Lipinski definition) is 0. The third kappa shape index (κ3) is 5.17. The van der Waals surface area contributed by atoms with E-state index in [1.165, 1.54) is 42.8 Å². The van der Waals surface area contributed by atoms with E-state index in [0.717, 1.165) is 0 Å². The number of nitrogens with zero attached hydrogens (tertiary/aromatic N) is 1. The van der Waals surface area contributed by atoms with Gasteiger partial charge in [0.2, 0.25) is 0 Å². The molecule has 0 aliphatic rings. The SMILES string of the molecule is C=Cc1ccccc1C(=O)[O-].CC[N+](CC)(CC)CC. The zero-order valence-corrected chi connectivity index (χ0v) is 13.2. The first kappa shape index (κ1) is 18.4. The van der Waals surface area contributed by atoms with Crippen LogP contribution in [0.2, 0.25) is 0 Å². The zero-order valence-electron chi connectivity index (χ0n) is 13.2. The molecule has 1 aromatic carbocycles. The minimum Gasteiger partial charge on any atom is -0.545 e. The summed E-state index contributed by atoms with van der Waals surface area (Å²) in [6, 6.07) is 6.58. The van der Waals surface area contributed by atoms with Crippen LogP contribution in [-0.2, 0) is 0 Å². The van der Waals surface area contributed by atoms with Crippen molar-refractivity contribution in [2.75, 3.05) is 26.2 Å². The van der Waals surface area contributed by atoms with E-state index in [1.54, 1.807) is 18.2 Å². The quantitative estimate of drug-likeness (QED) is 0.750. The van der Waals surface area contributed by atoms with Gasteiger partial charge in [0.1, 0.15) is 0 Å². The Bertz CT molecular complexity index is 405. The first-order chi connectivity index (χ1) is 9.50. The van der Waals surface area contributed by atoms with Crippen LogP contribution in [0.1, 0.15) is 43.6 Å². The van der Waals surface area contributed by atoms with E-state index in [9.17, 15) is 9.90 Å². The number of benzene rings is 1. The molecule has 0 saturated heterocycles. The minimum atomic E-state index is -1.17. The van der Waals surface area contributed by atoms with E-state index >= 15 is 0 Å². The van der Waals surface area contributed by atoms with Gasteiger partial charge in [-0.3, -0.25) is 0 Å². The van der Waals surface area contributed by atoms with Gasteiger partial charge in [-0.25, -0.2) is 0 Å². The molecule has 112 valence electrons. The Morgan fingerprint density at radius 3 is 1.80 bits per heavy atom. The predicted molar refractivity (Wildman–Crippen MR) is 83.3 cm³/mol. The number of rotatable bonds is 6. The number of carbonyl (C=O) groups is 1. The minimum absolute atomic E-state index is 0.183. The summed E-state index contributed by atoms with van der Waals surface area (Å²) >= 11 is 0. The molecule has 20 heavy (non-hydrogen) atoms. The van der Waals surface area contributed by atoms with Crippen LogP contribution in [0, 0.1) is 0 Å². The predicted octanol–water partition coefficient (Wildman–Crippen LogP) is 2.58. The standard InChI is InChI=1S/C9H8O2.C8H20N/c1-2-7-5-3-4-6-8(7)9(10)11;1-5-9(6-2,7-3)8-4/h2-6H,1H2,(H,10,11);5-8H2,1-4H3/q;+1/p-1. The van der Waals surface area contributed by atoms with Gasteiger partial charge in [-0.05, 0) is 33.3 Å². The van der Waals surface area contributed by atoms with Gasteiger partial charge in [0, 0.05) is 5.56 Å². The summed E-state index contributed by atoms with van der Waals surface area (Å²) in [5.41, 5.74) is 0.773. The molecule has 1 aromatic rings. The van der Waals surface area contributed by atoms with E-state index in [2.05, 4.69) is 34.3 Å². The number of hydrogen-bond acceptors (Lipinski definition) is 2. The van der Waals surface area contributed by atoms with Gasteiger partial charge < -0.3 is 14.4 Å². The molecule has 0 atom stereocenters. The molecule has 0 amide bonds. The molecule has 0 heterocycles. The zero-order chi connectivity index (χ0) is 15.6. The maximum atomic E-state index is 10.4. The highest BCUT2D eigenvalue weighted by molar-refractivity contribution is 5.90. The summed E-state index contributed by atoms with van der Waals surface area (Å²) in [4.78, 5) is 10.4. The highest BCUT2D eigenvalue weighted by Crippen LogP contribution is 2.08. The Balaban J connectivity index is 0.000000370. The van der Waals surface area contributed by atoms with E-state index in [-0.39, 0.29) is 5.56 Å². The van der Waals surface area contributed by atoms with Crippen molar-refractivity contribution < 1.29 is 14.4 Å². The third-order valence-corrected chi connectivity index (χ3v) is 4.08. The van der Waals surface area contributed by atoms with Crippen LogP contribution < -0.4 is 5.11 Å². The number of quaternary nitrogens is 1. The van der Waals surface area contributed by atoms with Gasteiger partial charge in [0.25, 0.3) is 0 Å². The lowest BCUT2D eigenvalue weighted by Gasteiger charge is -2.34. The molecule has 3 heteroatoms. The highest BCUT2D eigenvalue weighted by Gasteiger charge is 2.16. The van der Waals surface area contributed by atoms with Crippen LogP contribution in [0.25, 0.3) is 6.08 Å². The van der Waals surface area contributed by atoms with Crippen LogP contribution in [-0.4, -0.2) is 36.6 Å². The summed E-state index contributed by atoms with van der Waals surface area (Å²) in [5.74, 6) is -1.17. The van der Waals surface area contributed by atoms with Gasteiger partial charge in [-0.2, -0.15) is 0 Å². The van der Waals surface area contributed by atoms with Crippen LogP contribution in [0.15, 0.2) is 30.8 Å². The Morgan fingerprint density at radius 1 is 1.10 bits per heavy atom. The van der Waals surface area contributed by atoms with Crippen LogP contribution in [0.4, 0.5) is 0 Å². The average Bonchev–Trinajstić information content (AvgIpc) is 2.50. The molecule has 0 bridgehead atoms. The Morgan fingerprint density at radius 2 is 1.55 bits per heavy atom. The number of carboxylic acid groups (broad SMARTS) is 1. The summed E-state index contributed by atoms with van der Waals surface area (Å²) in [6.45, 7) is 17.7. The fourth-order valence-electron chi connectivity index (χ4n) is 2.20. The first-order valence-electron chi connectivity index (χ1n) is 7.28. The largest absolute Gasteiger partial charge is 0.545 e. The summed E-state index contributed by atoms with van der Waals surface area (Å²) in [7, 11) is 0. The Labute approximate surface area is 123 Å². The molecule has 1 rings (SSSR count). The molecular formula is C17H27NO2. The van der Waals surface area contributed by atoms with E-state index in [0.29, 0.717) is 5.56 Å². The lowest BCUT2D eigenvalue weighted by molar-refractivity contribution is -0.921. The molecule has 0 aliphatic carbocycles. The molecule has 0 fully saturated rings. The molecule has 0 radical (unpaired) electrons. The maximum Gasteiger partial charge on any atom is 0.0757 e. The number of carboxylic acids is 1. The summed E-state index contributed by atoms with van der Waals surface area (Å²) < 4.78 is 1.28. The highest BCUT2D eigenvalue weighted by atomic mass is 16.4. The first-order valence-corrected chi connectivity index (χ1v) is 7.28. The van der Waals surface area contributed by atoms with Crippen molar-refractivity contribution in [1.82, 2.24) is 0 Å². The van der Waals surface area contributed by atoms with Crippen molar-refractivity contribution in [3.8, 4) is 0 Å². The van der Waals surface area contributed by atoms with Crippen molar-refractivity contribution in [3.63, 3.8) is 0 Å². The lowest BCUT2D eigenvalue weighted by atomic mass is 10.1. The number of aromatic carboxylic acids is 1. The second kappa shape index (κ2) is 9.32. The van der Waals surface area contributed by atoms with Crippen molar-refractivity contribution in [1.29, 1.82) is 0 Å². The van der Waals surface area contributed by atoms with Crippen LogP contribution in [0.5, 0.6) is 0 Å². The van der Waals surface area contributed by atoms with Crippen molar-refractivity contribution in [2.45, 2.75) is 27.7 Å². The van der Waals surface area contributed by atoms with Crippen LogP contribution in [0.3, 0.4) is 0 Å². The average molecular weight is 277 g/mol. The van der Waals surface area contributed by atoms with Gasteiger partial charge in [-0.1, -0.05) is 36.9 Å². The lowest BCUT2D eigenvalue weighted by Crippen LogP contribution is -2.47. The number of carbonyl (C=O) groups excluding carboxylic acids is 1. The van der Waals surface area contributed by atoms with Crippen molar-refractivity contribution in [3.05, 3.63) is 42.0 Å². The Kier molecular flexibility index (Phi) is 8.57. The maximum absolute atomic E-state index is 10.4. The Hall–Kier alpha value is -1.61. The molecule has 0 saturated carbocycles. The second-order valence-electron chi connectivity index (χ2n) is 4.69. The second-order valence-corrected chi connectivity index (χ2v) is 4.69. The fraction of sp³-hybridized carbons (Fsp3) is 0.471. The van der Waals surface area contributed by atoms with Gasteiger partial charge in [0.05, 0.1) is 32.1 Å². The van der Waals surface area contributed by atoms with Crippen molar-refractivity contribution >= 4 is 12.0 Å². The monoisotopic (exact) mass is 277 g/mol. The van der Waals surface area contributed by atoms with E-state index < -0.39 is 5.97 Å². The molecule has 0 unspecified atom stereocenters.